The molecule has 0 spiro atoms. The zero-order valence-electron chi connectivity index (χ0n) is 10.5. The Kier molecular flexibility index (Phi) is 5.92. The third-order valence-corrected chi connectivity index (χ3v) is 8.58. The average Bonchev–Trinajstić information content (AvgIpc) is 1.81. The number of hydrogen-bond acceptors (Lipinski definition) is 1. The molecule has 0 aliphatic rings. The minimum atomic E-state index is -1.79. The van der Waals surface area contributed by atoms with Crippen LogP contribution >= 0.6 is 0 Å². The molecule has 0 amide bonds. The Bertz CT molecular complexity index is 126. The van der Waals surface area contributed by atoms with Gasteiger partial charge in [-0.25, -0.2) is 0 Å². The van der Waals surface area contributed by atoms with E-state index >= 15 is 0 Å². The molecule has 0 aliphatic heterocycles. The molecule has 0 bridgehead atoms. The molecule has 0 atom stereocenters. The van der Waals surface area contributed by atoms with Crippen LogP contribution in [0.4, 0.5) is 0 Å². The second-order valence-electron chi connectivity index (χ2n) is 5.86. The van der Waals surface area contributed by atoms with E-state index in [1.807, 2.05) is 0 Å². The van der Waals surface area contributed by atoms with Crippen molar-refractivity contribution in [3.63, 3.8) is 0 Å². The molecule has 0 saturated heterocycles. The van der Waals surface area contributed by atoms with Crippen LogP contribution in [0.15, 0.2) is 0 Å². The monoisotopic (exact) mass is 293 g/mol. The van der Waals surface area contributed by atoms with Crippen molar-refractivity contribution in [2.75, 3.05) is 13.1 Å². The number of hydrogen-bond donors (Lipinski definition) is 0. The maximum atomic E-state index is 2.80. The molecule has 0 fully saturated rings. The molecule has 0 saturated carbocycles. The van der Waals surface area contributed by atoms with Gasteiger partial charge in [0, 0.05) is 0 Å². The van der Waals surface area contributed by atoms with Crippen molar-refractivity contribution < 1.29 is 0 Å². The van der Waals surface area contributed by atoms with Crippen LogP contribution < -0.4 is 0 Å². The first kappa shape index (κ1) is 13.8. The molecule has 0 N–H and O–H groups in total. The van der Waals surface area contributed by atoms with E-state index in [1.54, 1.807) is 0 Å². The van der Waals surface area contributed by atoms with Gasteiger partial charge in [0.2, 0.25) is 0 Å². The van der Waals surface area contributed by atoms with Gasteiger partial charge in [0.15, 0.2) is 0 Å². The first-order valence-corrected chi connectivity index (χ1v) is 15.3. The van der Waals surface area contributed by atoms with Crippen molar-refractivity contribution in [3.05, 3.63) is 0 Å². The second kappa shape index (κ2) is 5.59. The Morgan fingerprint density at radius 2 is 1.15 bits per heavy atom. The summed E-state index contributed by atoms with van der Waals surface area (Å²) in [4.78, 5) is 7.54. The molecule has 0 aromatic rings. The molecule has 80 valence electrons. The Morgan fingerprint density at radius 1 is 0.846 bits per heavy atom. The fourth-order valence-electron chi connectivity index (χ4n) is 1.50. The molecule has 0 aliphatic carbocycles. The molecule has 2 heteroatoms. The Labute approximate surface area is 89.1 Å². The molecule has 0 aromatic carbocycles. The molecule has 0 unspecified atom stereocenters. The fourth-order valence-corrected chi connectivity index (χ4v) is 6.71. The van der Waals surface area contributed by atoms with Crippen molar-refractivity contribution in [1.29, 1.82) is 0 Å². The number of nitrogens with zero attached hydrogens (tertiary/aromatic N) is 1. The summed E-state index contributed by atoms with van der Waals surface area (Å²) in [6, 6.07) is 0. The minimum absolute atomic E-state index is 0.815. The van der Waals surface area contributed by atoms with E-state index in [4.69, 9.17) is 0 Å². The van der Waals surface area contributed by atoms with Crippen molar-refractivity contribution >= 4 is 18.7 Å². The summed E-state index contributed by atoms with van der Waals surface area (Å²) in [5.41, 5.74) is 0. The molecule has 0 heterocycles. The Balaban J connectivity index is 4.20. The summed E-state index contributed by atoms with van der Waals surface area (Å²) in [6.07, 6.45) is 0. The van der Waals surface area contributed by atoms with Crippen molar-refractivity contribution in [2.24, 2.45) is 11.8 Å². The van der Waals surface area contributed by atoms with E-state index in [2.05, 4.69) is 45.6 Å². The van der Waals surface area contributed by atoms with Crippen LogP contribution in [0.2, 0.25) is 14.8 Å². The van der Waals surface area contributed by atoms with Crippen LogP contribution in [0, 0.1) is 11.8 Å². The first-order chi connectivity index (χ1) is 5.73. The van der Waals surface area contributed by atoms with Gasteiger partial charge in [-0.05, 0) is 0 Å². The zero-order valence-corrected chi connectivity index (χ0v) is 13.4. The molecule has 0 aromatic heterocycles. The first-order valence-electron chi connectivity index (χ1n) is 5.48. The molecular formula is C11H27NSn. The summed E-state index contributed by atoms with van der Waals surface area (Å²) in [6.45, 7) is 11.9. The SMILES string of the molecule is CC(C)C[N](CC(C)C)[Sn]([CH3])([CH3])[CH3]. The van der Waals surface area contributed by atoms with Gasteiger partial charge in [-0.3, -0.25) is 0 Å². The van der Waals surface area contributed by atoms with Gasteiger partial charge in [-0.1, -0.05) is 0 Å². The van der Waals surface area contributed by atoms with E-state index in [0.29, 0.717) is 0 Å². The topological polar surface area (TPSA) is 3.24 Å². The van der Waals surface area contributed by atoms with Crippen LogP contribution in [0.1, 0.15) is 27.7 Å². The van der Waals surface area contributed by atoms with Crippen LogP contribution in [0.5, 0.6) is 0 Å². The normalized spacial score (nSPS) is 13.4. The average molecular weight is 292 g/mol. The van der Waals surface area contributed by atoms with E-state index in [9.17, 15) is 0 Å². The van der Waals surface area contributed by atoms with Gasteiger partial charge >= 0.3 is 89.2 Å². The summed E-state index contributed by atoms with van der Waals surface area (Å²) < 4.78 is 2.80. The van der Waals surface area contributed by atoms with Crippen molar-refractivity contribution in [1.82, 2.24) is 3.12 Å². The van der Waals surface area contributed by atoms with E-state index in [0.717, 1.165) is 11.8 Å². The molecular weight excluding hydrogens is 265 g/mol. The standard InChI is InChI=1S/C8H18N.3CH3.Sn/c1-7(2)5-9-6-8(3)4;;;;/h7-8H,5-6H2,1-4H3;3*1H3;/q-1;;;;+1. The fraction of sp³-hybridized carbons (Fsp3) is 1.00. The van der Waals surface area contributed by atoms with Gasteiger partial charge in [0.05, 0.1) is 0 Å². The predicted molar refractivity (Wildman–Crippen MR) is 64.6 cm³/mol. The Hall–Kier alpha value is 0.759. The number of rotatable bonds is 5. The van der Waals surface area contributed by atoms with Crippen LogP contribution in [0.3, 0.4) is 0 Å². The van der Waals surface area contributed by atoms with Gasteiger partial charge in [-0.15, -0.1) is 0 Å². The second-order valence-corrected chi connectivity index (χ2v) is 20.1. The third kappa shape index (κ3) is 6.78. The summed E-state index contributed by atoms with van der Waals surface area (Å²) in [7, 11) is 0. The third-order valence-electron chi connectivity index (χ3n) is 2.12. The molecule has 1 nitrogen and oxygen atoms in total. The van der Waals surface area contributed by atoms with Crippen LogP contribution in [-0.4, -0.2) is 34.9 Å². The van der Waals surface area contributed by atoms with Crippen LogP contribution in [0.25, 0.3) is 0 Å². The van der Waals surface area contributed by atoms with E-state index < -0.39 is 18.7 Å². The van der Waals surface area contributed by atoms with Gasteiger partial charge in [0.25, 0.3) is 0 Å². The van der Waals surface area contributed by atoms with Crippen molar-refractivity contribution in [3.8, 4) is 0 Å². The van der Waals surface area contributed by atoms with Gasteiger partial charge < -0.3 is 0 Å². The molecule has 0 rings (SSSR count). The zero-order chi connectivity index (χ0) is 10.6. The van der Waals surface area contributed by atoms with E-state index in [-0.39, 0.29) is 0 Å². The van der Waals surface area contributed by atoms with Gasteiger partial charge in [0.1, 0.15) is 0 Å². The van der Waals surface area contributed by atoms with Gasteiger partial charge in [-0.2, -0.15) is 0 Å². The summed E-state index contributed by atoms with van der Waals surface area (Å²) >= 11 is -1.79. The van der Waals surface area contributed by atoms with Crippen molar-refractivity contribution in [2.45, 2.75) is 42.5 Å². The van der Waals surface area contributed by atoms with E-state index in [1.165, 1.54) is 13.1 Å². The maximum absolute atomic E-state index is 2.80. The molecule has 13 heavy (non-hydrogen) atoms. The quantitative estimate of drug-likeness (QED) is 0.702. The summed E-state index contributed by atoms with van der Waals surface area (Å²) in [5, 5.41) is 0. The van der Waals surface area contributed by atoms with Crippen LogP contribution in [-0.2, 0) is 0 Å². The molecule has 0 radical (unpaired) electrons. The Morgan fingerprint density at radius 3 is 1.31 bits per heavy atom. The summed E-state index contributed by atoms with van der Waals surface area (Å²) in [5.74, 6) is 1.63. The predicted octanol–water partition coefficient (Wildman–Crippen LogP) is 3.44.